The van der Waals surface area contributed by atoms with Crippen LogP contribution in [0.15, 0.2) is 48.7 Å². The molecule has 0 saturated carbocycles. The Balaban J connectivity index is 1.44. The Morgan fingerprint density at radius 2 is 1.70 bits per heavy atom. The van der Waals surface area contributed by atoms with Crippen LogP contribution in [0.3, 0.4) is 0 Å². The summed E-state index contributed by atoms with van der Waals surface area (Å²) in [4.78, 5) is 16.6. The zero-order chi connectivity index (χ0) is 19.0. The van der Waals surface area contributed by atoms with Gasteiger partial charge in [-0.1, -0.05) is 6.07 Å². The molecule has 27 heavy (non-hydrogen) atoms. The van der Waals surface area contributed by atoms with Crippen LogP contribution < -0.4 is 4.90 Å². The molecule has 0 atom stereocenters. The van der Waals surface area contributed by atoms with Gasteiger partial charge in [-0.25, -0.2) is 0 Å². The second-order valence-corrected chi connectivity index (χ2v) is 6.46. The lowest BCUT2D eigenvalue weighted by molar-refractivity contribution is -0.137. The summed E-state index contributed by atoms with van der Waals surface area (Å²) in [6.07, 6.45) is -2.70. The van der Waals surface area contributed by atoms with Gasteiger partial charge in [-0.2, -0.15) is 18.3 Å². The molecule has 1 saturated heterocycles. The van der Waals surface area contributed by atoms with Gasteiger partial charge in [-0.15, -0.1) is 0 Å². The number of alkyl halides is 3. The van der Waals surface area contributed by atoms with Gasteiger partial charge in [-0.3, -0.25) is 9.89 Å². The molecule has 0 bridgehead atoms. The molecule has 4 rings (SSSR count). The molecular weight excluding hydrogens is 357 g/mol. The number of nitrogens with one attached hydrogen (secondary N) is 1. The number of anilines is 1. The highest BCUT2D eigenvalue weighted by Crippen LogP contribution is 2.30. The van der Waals surface area contributed by atoms with Crippen molar-refractivity contribution in [1.29, 1.82) is 0 Å². The molecule has 3 aromatic rings. The molecule has 1 N–H and O–H groups in total. The Bertz CT molecular complexity index is 957. The topological polar surface area (TPSA) is 52.2 Å². The van der Waals surface area contributed by atoms with Crippen LogP contribution in [0.1, 0.15) is 15.9 Å². The summed E-state index contributed by atoms with van der Waals surface area (Å²) in [6, 6.07) is 10.6. The number of nitrogens with zero attached hydrogens (tertiary/aromatic N) is 3. The molecule has 2 aromatic carbocycles. The van der Waals surface area contributed by atoms with E-state index in [0.717, 1.165) is 28.7 Å². The molecule has 1 amide bonds. The fourth-order valence-electron chi connectivity index (χ4n) is 3.35. The summed E-state index contributed by atoms with van der Waals surface area (Å²) in [5.41, 5.74) is 1.48. The third-order valence-electron chi connectivity index (χ3n) is 4.84. The number of halogens is 3. The van der Waals surface area contributed by atoms with Gasteiger partial charge in [0.2, 0.25) is 0 Å². The number of aromatic amines is 1. The van der Waals surface area contributed by atoms with Gasteiger partial charge >= 0.3 is 6.18 Å². The minimum atomic E-state index is -4.34. The smallest absolute Gasteiger partial charge is 0.368 e. The van der Waals surface area contributed by atoms with Gasteiger partial charge in [0.25, 0.3) is 5.91 Å². The van der Waals surface area contributed by atoms with Crippen LogP contribution in [0.2, 0.25) is 0 Å². The van der Waals surface area contributed by atoms with Crippen LogP contribution in [0.5, 0.6) is 0 Å². The van der Waals surface area contributed by atoms with E-state index in [9.17, 15) is 18.0 Å². The Morgan fingerprint density at radius 1 is 1.00 bits per heavy atom. The molecule has 2 heterocycles. The van der Waals surface area contributed by atoms with E-state index in [2.05, 4.69) is 10.2 Å². The van der Waals surface area contributed by atoms with Gasteiger partial charge in [0.05, 0.1) is 22.8 Å². The highest BCUT2D eigenvalue weighted by atomic mass is 19.4. The van der Waals surface area contributed by atoms with Crippen LogP contribution in [0.25, 0.3) is 10.9 Å². The molecule has 0 spiro atoms. The lowest BCUT2D eigenvalue weighted by Gasteiger charge is -2.36. The zero-order valence-corrected chi connectivity index (χ0v) is 14.3. The molecule has 0 radical (unpaired) electrons. The van der Waals surface area contributed by atoms with Gasteiger partial charge in [0.1, 0.15) is 0 Å². The predicted molar refractivity (Wildman–Crippen MR) is 95.7 cm³/mol. The highest BCUT2D eigenvalue weighted by Gasteiger charge is 2.30. The number of piperazine rings is 1. The van der Waals surface area contributed by atoms with Gasteiger partial charge < -0.3 is 9.80 Å². The molecule has 1 aromatic heterocycles. The number of hydrogen-bond donors (Lipinski definition) is 1. The van der Waals surface area contributed by atoms with Crippen molar-refractivity contribution in [1.82, 2.24) is 15.1 Å². The molecule has 1 fully saturated rings. The molecule has 1 aliphatic rings. The van der Waals surface area contributed by atoms with E-state index in [0.29, 0.717) is 31.7 Å². The first-order chi connectivity index (χ1) is 12.9. The first kappa shape index (κ1) is 17.4. The molecular formula is C19H17F3N4O. The molecule has 140 valence electrons. The number of H-pyrrole nitrogens is 1. The number of carbonyl (C=O) groups is 1. The average Bonchev–Trinajstić information content (AvgIpc) is 3.16. The van der Waals surface area contributed by atoms with Crippen molar-refractivity contribution in [3.8, 4) is 0 Å². The first-order valence-electron chi connectivity index (χ1n) is 8.57. The molecule has 8 heteroatoms. The number of rotatable bonds is 2. The lowest BCUT2D eigenvalue weighted by atomic mass is 10.1. The number of fused-ring (bicyclic) bond motifs is 1. The second kappa shape index (κ2) is 6.61. The van der Waals surface area contributed by atoms with Crippen LogP contribution in [0, 0.1) is 0 Å². The highest BCUT2D eigenvalue weighted by molar-refractivity contribution is 6.06. The van der Waals surface area contributed by atoms with E-state index < -0.39 is 11.7 Å². The van der Waals surface area contributed by atoms with E-state index in [4.69, 9.17) is 0 Å². The van der Waals surface area contributed by atoms with Crippen molar-refractivity contribution in [2.45, 2.75) is 6.18 Å². The van der Waals surface area contributed by atoms with E-state index in [-0.39, 0.29) is 5.91 Å². The minimum absolute atomic E-state index is 0.0610. The van der Waals surface area contributed by atoms with Crippen molar-refractivity contribution in [2.24, 2.45) is 0 Å². The third-order valence-corrected chi connectivity index (χ3v) is 4.84. The molecule has 1 aliphatic heterocycles. The van der Waals surface area contributed by atoms with Crippen LogP contribution in [-0.2, 0) is 6.18 Å². The SMILES string of the molecule is O=C(c1cccc2[nH]ncc12)N1CCN(c2ccc(C(F)(F)F)cc2)CC1. The first-order valence-corrected chi connectivity index (χ1v) is 8.57. The molecule has 5 nitrogen and oxygen atoms in total. The number of hydrogen-bond acceptors (Lipinski definition) is 3. The van der Waals surface area contributed by atoms with Crippen molar-refractivity contribution in [3.05, 3.63) is 59.8 Å². The summed E-state index contributed by atoms with van der Waals surface area (Å²) in [5.74, 6) is -0.0610. The van der Waals surface area contributed by atoms with E-state index in [1.807, 2.05) is 17.0 Å². The predicted octanol–water partition coefficient (Wildman–Crippen LogP) is 3.54. The molecule has 0 aliphatic carbocycles. The second-order valence-electron chi connectivity index (χ2n) is 6.46. The fourth-order valence-corrected chi connectivity index (χ4v) is 3.35. The summed E-state index contributed by atoms with van der Waals surface area (Å²) in [5, 5.41) is 7.62. The molecule has 0 unspecified atom stereocenters. The van der Waals surface area contributed by atoms with Gasteiger partial charge in [0, 0.05) is 37.3 Å². The zero-order valence-electron chi connectivity index (χ0n) is 14.3. The monoisotopic (exact) mass is 374 g/mol. The Kier molecular flexibility index (Phi) is 4.25. The van der Waals surface area contributed by atoms with E-state index >= 15 is 0 Å². The van der Waals surface area contributed by atoms with Gasteiger partial charge in [-0.05, 0) is 36.4 Å². The Hall–Kier alpha value is -3.03. The maximum Gasteiger partial charge on any atom is 0.416 e. The number of amides is 1. The van der Waals surface area contributed by atoms with E-state index in [1.54, 1.807) is 17.2 Å². The summed E-state index contributed by atoms with van der Waals surface area (Å²) >= 11 is 0. The van der Waals surface area contributed by atoms with Gasteiger partial charge in [0.15, 0.2) is 0 Å². The minimum Gasteiger partial charge on any atom is -0.368 e. The number of aromatic nitrogens is 2. The van der Waals surface area contributed by atoms with Crippen molar-refractivity contribution < 1.29 is 18.0 Å². The standard InChI is InChI=1S/C19H17F3N4O/c20-19(21,22)13-4-6-14(7-5-13)25-8-10-26(11-9-25)18(27)15-2-1-3-17-16(15)12-23-24-17/h1-7,12H,8-11H2,(H,23,24). The fraction of sp³-hybridized carbons (Fsp3) is 0.263. The normalized spacial score (nSPS) is 15.4. The lowest BCUT2D eigenvalue weighted by Crippen LogP contribution is -2.48. The van der Waals surface area contributed by atoms with Crippen molar-refractivity contribution in [3.63, 3.8) is 0 Å². The number of benzene rings is 2. The largest absolute Gasteiger partial charge is 0.416 e. The van der Waals surface area contributed by atoms with Crippen LogP contribution in [-0.4, -0.2) is 47.2 Å². The Morgan fingerprint density at radius 3 is 2.37 bits per heavy atom. The summed E-state index contributed by atoms with van der Waals surface area (Å²) in [6.45, 7) is 2.15. The third kappa shape index (κ3) is 3.34. The van der Waals surface area contributed by atoms with Crippen LogP contribution in [0.4, 0.5) is 18.9 Å². The van der Waals surface area contributed by atoms with Crippen molar-refractivity contribution in [2.75, 3.05) is 31.1 Å². The number of carbonyl (C=O) groups excluding carboxylic acids is 1. The summed E-state index contributed by atoms with van der Waals surface area (Å²) in [7, 11) is 0. The maximum atomic E-state index is 12.9. The maximum absolute atomic E-state index is 12.9. The Labute approximate surface area is 153 Å². The quantitative estimate of drug-likeness (QED) is 0.747. The van der Waals surface area contributed by atoms with Crippen molar-refractivity contribution >= 4 is 22.5 Å². The van der Waals surface area contributed by atoms with E-state index in [1.165, 1.54) is 12.1 Å². The van der Waals surface area contributed by atoms with Crippen LogP contribution >= 0.6 is 0 Å². The summed E-state index contributed by atoms with van der Waals surface area (Å²) < 4.78 is 38.1. The average molecular weight is 374 g/mol.